The first-order valence-corrected chi connectivity index (χ1v) is 10.1. The van der Waals surface area contributed by atoms with Crippen LogP contribution in [0.2, 0.25) is 5.02 Å². The quantitative estimate of drug-likeness (QED) is 0.568. The lowest BCUT2D eigenvalue weighted by Gasteiger charge is -2.41. The van der Waals surface area contributed by atoms with E-state index in [0.29, 0.717) is 29.2 Å². The van der Waals surface area contributed by atoms with Crippen molar-refractivity contribution in [1.29, 1.82) is 0 Å². The number of piperidine rings is 1. The molecule has 1 saturated heterocycles. The van der Waals surface area contributed by atoms with Gasteiger partial charge in [-0.1, -0.05) is 35.3 Å². The molecule has 2 aromatic rings. The van der Waals surface area contributed by atoms with Gasteiger partial charge in [-0.05, 0) is 51.9 Å². The second-order valence-electron chi connectivity index (χ2n) is 7.66. The van der Waals surface area contributed by atoms with Gasteiger partial charge in [-0.2, -0.15) is 4.98 Å². The Morgan fingerprint density at radius 3 is 2.75 bits per heavy atom. The summed E-state index contributed by atoms with van der Waals surface area (Å²) in [5.41, 5.74) is 0.899. The van der Waals surface area contributed by atoms with Crippen LogP contribution in [0.15, 0.2) is 33.8 Å². The first-order chi connectivity index (χ1) is 13.5. The van der Waals surface area contributed by atoms with Crippen LogP contribution >= 0.6 is 11.6 Å². The summed E-state index contributed by atoms with van der Waals surface area (Å²) in [4.78, 5) is 11.3. The number of likely N-dealkylation sites (tertiary alicyclic amines) is 1. The minimum atomic E-state index is 0.0717. The highest BCUT2D eigenvalue weighted by atomic mass is 35.5. The molecule has 2 heterocycles. The second kappa shape index (κ2) is 9.39. The predicted octanol–water partition coefficient (Wildman–Crippen LogP) is 3.32. The third kappa shape index (κ3) is 5.45. The van der Waals surface area contributed by atoms with Crippen LogP contribution in [-0.4, -0.2) is 53.2 Å². The molecule has 7 nitrogen and oxygen atoms in total. The molecular weight excluding hydrogens is 376 g/mol. The van der Waals surface area contributed by atoms with Crippen LogP contribution in [0.4, 0.5) is 0 Å². The predicted molar refractivity (Wildman–Crippen MR) is 112 cm³/mol. The van der Waals surface area contributed by atoms with E-state index in [9.17, 15) is 0 Å². The molecule has 2 N–H and O–H groups in total. The Morgan fingerprint density at radius 2 is 2.04 bits per heavy atom. The van der Waals surface area contributed by atoms with Gasteiger partial charge >= 0.3 is 0 Å². The molecule has 0 atom stereocenters. The molecule has 1 aromatic heterocycles. The summed E-state index contributed by atoms with van der Waals surface area (Å²) in [6.07, 6.45) is 3.90. The molecular formula is C20H29ClN6O. The third-order valence-corrected chi connectivity index (χ3v) is 5.32. The van der Waals surface area contributed by atoms with Crippen molar-refractivity contribution in [3.63, 3.8) is 0 Å². The maximum absolute atomic E-state index is 6.02. The Labute approximate surface area is 171 Å². The maximum Gasteiger partial charge on any atom is 0.246 e. The van der Waals surface area contributed by atoms with Crippen molar-refractivity contribution >= 4 is 17.6 Å². The zero-order valence-corrected chi connectivity index (χ0v) is 17.6. The summed E-state index contributed by atoms with van der Waals surface area (Å²) < 4.78 is 5.34. The number of guanidine groups is 1. The van der Waals surface area contributed by atoms with E-state index in [1.807, 2.05) is 24.3 Å². The lowest BCUT2D eigenvalue weighted by Crippen LogP contribution is -2.54. The number of aliphatic imine (C=N–C) groups is 1. The lowest BCUT2D eigenvalue weighted by atomic mass is 9.98. The fourth-order valence-corrected chi connectivity index (χ4v) is 3.55. The molecule has 0 spiro atoms. The summed E-state index contributed by atoms with van der Waals surface area (Å²) in [5.74, 6) is 1.73. The molecule has 8 heteroatoms. The Morgan fingerprint density at radius 1 is 1.25 bits per heavy atom. The number of nitrogens with one attached hydrogen (secondary N) is 2. The van der Waals surface area contributed by atoms with Gasteiger partial charge in [0.05, 0.1) is 6.54 Å². The van der Waals surface area contributed by atoms with Crippen LogP contribution in [0.25, 0.3) is 11.4 Å². The average molecular weight is 405 g/mol. The van der Waals surface area contributed by atoms with Gasteiger partial charge in [-0.15, -0.1) is 0 Å². The molecule has 1 fully saturated rings. The molecule has 0 unspecified atom stereocenters. The van der Waals surface area contributed by atoms with Crippen LogP contribution in [0.5, 0.6) is 0 Å². The Kier molecular flexibility index (Phi) is 6.91. The van der Waals surface area contributed by atoms with Crippen LogP contribution in [-0.2, 0) is 6.54 Å². The van der Waals surface area contributed by atoms with Gasteiger partial charge in [0.2, 0.25) is 11.7 Å². The first-order valence-electron chi connectivity index (χ1n) is 9.76. The number of benzene rings is 1. The molecule has 0 aliphatic carbocycles. The van der Waals surface area contributed by atoms with E-state index in [0.717, 1.165) is 25.2 Å². The van der Waals surface area contributed by atoms with E-state index >= 15 is 0 Å². The molecule has 1 aliphatic heterocycles. The average Bonchev–Trinajstić information content (AvgIpc) is 3.18. The molecule has 0 saturated carbocycles. The minimum absolute atomic E-state index is 0.0717. The van der Waals surface area contributed by atoms with Crippen molar-refractivity contribution in [2.24, 2.45) is 4.99 Å². The molecule has 1 aromatic carbocycles. The van der Waals surface area contributed by atoms with Gasteiger partial charge in [0.15, 0.2) is 5.96 Å². The van der Waals surface area contributed by atoms with Crippen LogP contribution in [0.3, 0.4) is 0 Å². The Balaban J connectivity index is 1.52. The number of halogens is 1. The smallest absolute Gasteiger partial charge is 0.246 e. The summed E-state index contributed by atoms with van der Waals surface area (Å²) in [7, 11) is 1.76. The van der Waals surface area contributed by atoms with Gasteiger partial charge in [0, 0.05) is 29.7 Å². The topological polar surface area (TPSA) is 78.6 Å². The normalized spacial score (nSPS) is 16.2. The van der Waals surface area contributed by atoms with E-state index in [4.69, 9.17) is 16.1 Å². The molecule has 152 valence electrons. The molecule has 28 heavy (non-hydrogen) atoms. The fourth-order valence-electron chi connectivity index (χ4n) is 3.36. The van der Waals surface area contributed by atoms with Crippen molar-refractivity contribution in [1.82, 2.24) is 25.7 Å². The molecule has 1 aliphatic rings. The van der Waals surface area contributed by atoms with Crippen molar-refractivity contribution in [3.8, 4) is 11.4 Å². The van der Waals surface area contributed by atoms with Crippen LogP contribution in [0, 0.1) is 0 Å². The number of hydrogen-bond donors (Lipinski definition) is 2. The van der Waals surface area contributed by atoms with Crippen molar-refractivity contribution in [2.75, 3.05) is 26.7 Å². The summed E-state index contributed by atoms with van der Waals surface area (Å²) >= 11 is 6.02. The van der Waals surface area contributed by atoms with Crippen molar-refractivity contribution in [2.45, 2.75) is 45.2 Å². The van der Waals surface area contributed by atoms with Crippen molar-refractivity contribution in [3.05, 3.63) is 35.2 Å². The molecule has 0 amide bonds. The highest BCUT2D eigenvalue weighted by Crippen LogP contribution is 2.20. The highest BCUT2D eigenvalue weighted by Gasteiger charge is 2.27. The Hall–Kier alpha value is -2.12. The molecule has 0 radical (unpaired) electrons. The Bertz CT molecular complexity index is 797. The van der Waals surface area contributed by atoms with Gasteiger partial charge in [-0.3, -0.25) is 9.89 Å². The summed E-state index contributed by atoms with van der Waals surface area (Å²) in [6, 6.07) is 7.39. The van der Waals surface area contributed by atoms with Gasteiger partial charge in [-0.25, -0.2) is 0 Å². The standard InChI is InChI=1S/C20H29ClN6O/c1-20(2,27-10-5-4-6-11-27)14-24-19(22-3)23-13-17-25-18(26-28-17)15-8-7-9-16(21)12-15/h7-9,12H,4-6,10-11,13-14H2,1-3H3,(H2,22,23,24). The minimum Gasteiger partial charge on any atom is -0.355 e. The highest BCUT2D eigenvalue weighted by molar-refractivity contribution is 6.30. The fraction of sp³-hybridized carbons (Fsp3) is 0.550. The van der Waals surface area contributed by atoms with E-state index in [1.54, 1.807) is 7.05 Å². The number of aromatic nitrogens is 2. The monoisotopic (exact) mass is 404 g/mol. The largest absolute Gasteiger partial charge is 0.355 e. The zero-order chi connectivity index (χ0) is 20.0. The SMILES string of the molecule is CN=C(NCc1nc(-c2cccc(Cl)c2)no1)NCC(C)(C)N1CCCCC1. The lowest BCUT2D eigenvalue weighted by molar-refractivity contribution is 0.0982. The third-order valence-electron chi connectivity index (χ3n) is 5.08. The van der Waals surface area contributed by atoms with E-state index in [1.165, 1.54) is 19.3 Å². The number of hydrogen-bond acceptors (Lipinski definition) is 5. The first kappa shape index (κ1) is 20.6. The molecule has 3 rings (SSSR count). The van der Waals surface area contributed by atoms with Gasteiger partial charge in [0.25, 0.3) is 0 Å². The second-order valence-corrected chi connectivity index (χ2v) is 8.10. The van der Waals surface area contributed by atoms with E-state index < -0.39 is 0 Å². The van der Waals surface area contributed by atoms with Gasteiger partial charge in [0.1, 0.15) is 0 Å². The molecule has 0 bridgehead atoms. The van der Waals surface area contributed by atoms with Crippen molar-refractivity contribution < 1.29 is 4.52 Å². The van der Waals surface area contributed by atoms with Gasteiger partial charge < -0.3 is 15.2 Å². The summed E-state index contributed by atoms with van der Waals surface area (Å²) in [6.45, 7) is 8.08. The summed E-state index contributed by atoms with van der Waals surface area (Å²) in [5, 5.41) is 11.3. The van der Waals surface area contributed by atoms with Crippen LogP contribution < -0.4 is 10.6 Å². The number of rotatable bonds is 6. The van der Waals surface area contributed by atoms with E-state index in [-0.39, 0.29) is 5.54 Å². The number of nitrogens with zero attached hydrogens (tertiary/aromatic N) is 4. The maximum atomic E-state index is 6.02. The van der Waals surface area contributed by atoms with E-state index in [2.05, 4.69) is 44.5 Å². The zero-order valence-electron chi connectivity index (χ0n) is 16.8. The van der Waals surface area contributed by atoms with Crippen LogP contribution in [0.1, 0.15) is 39.0 Å².